The molecular formula is C40H34N5OPt-3. The molecule has 0 bridgehead atoms. The molecule has 4 aromatic carbocycles. The fourth-order valence-electron chi connectivity index (χ4n) is 5.95. The molecule has 238 valence electrons. The molecule has 6 aromatic rings. The standard InChI is InChI=1S/C40H34N5O.Pt/c1-26-27(2)44(25-43(26)6)32-19-30(29-10-8-7-9-11-29)20-34(22-32)46-33-13-14-35-36-18-28(24-41)12-15-37(36)45(38(35)23-33)39-21-31(16-17-42-39)40(3,4)5;/h7-21,25H,1-6H3;/q-3;. The summed E-state index contributed by atoms with van der Waals surface area (Å²) in [7, 11) is 2.05. The first kappa shape index (κ1) is 32.1. The summed E-state index contributed by atoms with van der Waals surface area (Å²) in [5.74, 6) is 1.93. The Kier molecular flexibility index (Phi) is 8.47. The molecule has 0 saturated carbocycles. The van der Waals surface area contributed by atoms with E-state index < -0.39 is 0 Å². The van der Waals surface area contributed by atoms with E-state index in [4.69, 9.17) is 9.72 Å². The molecular weight excluding hydrogens is 762 g/mol. The second-order valence-corrected chi connectivity index (χ2v) is 12.8. The van der Waals surface area contributed by atoms with Crippen LogP contribution in [0.1, 0.15) is 45.7 Å². The van der Waals surface area contributed by atoms with E-state index in [2.05, 4.69) is 104 Å². The maximum atomic E-state index is 9.67. The number of anilines is 1. The van der Waals surface area contributed by atoms with E-state index in [0.29, 0.717) is 17.1 Å². The van der Waals surface area contributed by atoms with E-state index in [1.807, 2.05) is 67.8 Å². The van der Waals surface area contributed by atoms with Crippen LogP contribution in [0.2, 0.25) is 0 Å². The summed E-state index contributed by atoms with van der Waals surface area (Å²) in [5.41, 5.74) is 8.82. The Hall–Kier alpha value is -4.85. The fraction of sp³-hybridized carbons (Fsp3) is 0.175. The largest absolute Gasteiger partial charge is 0.509 e. The first-order chi connectivity index (χ1) is 22.1. The van der Waals surface area contributed by atoms with Gasteiger partial charge < -0.3 is 19.1 Å². The van der Waals surface area contributed by atoms with Crippen LogP contribution in [0, 0.1) is 30.1 Å². The van der Waals surface area contributed by atoms with Crippen LogP contribution in [0.4, 0.5) is 5.69 Å². The van der Waals surface area contributed by atoms with Gasteiger partial charge in [-0.2, -0.15) is 18.0 Å². The number of ether oxygens (including phenoxy) is 1. The molecule has 1 aliphatic rings. The van der Waals surface area contributed by atoms with Crippen LogP contribution in [0.15, 0.2) is 103 Å². The summed E-state index contributed by atoms with van der Waals surface area (Å²) < 4.78 is 8.69. The molecule has 0 atom stereocenters. The molecule has 47 heavy (non-hydrogen) atoms. The van der Waals surface area contributed by atoms with Crippen molar-refractivity contribution in [2.45, 2.75) is 40.0 Å². The van der Waals surface area contributed by atoms with Gasteiger partial charge in [-0.3, -0.25) is 0 Å². The Labute approximate surface area is 290 Å². The molecule has 0 N–H and O–H groups in total. The molecule has 1 aliphatic heterocycles. The van der Waals surface area contributed by atoms with Crippen LogP contribution < -0.4 is 9.64 Å². The number of pyridine rings is 1. The zero-order chi connectivity index (χ0) is 32.2. The molecule has 0 fully saturated rings. The molecule has 7 heteroatoms. The van der Waals surface area contributed by atoms with E-state index in [9.17, 15) is 5.26 Å². The van der Waals surface area contributed by atoms with Crippen molar-refractivity contribution in [3.05, 3.63) is 132 Å². The maximum Gasteiger partial charge on any atom is 0.135 e. The van der Waals surface area contributed by atoms with Crippen LogP contribution in [-0.2, 0) is 26.5 Å². The van der Waals surface area contributed by atoms with Gasteiger partial charge in [0.2, 0.25) is 0 Å². The molecule has 0 radical (unpaired) electrons. The number of hydrogen-bond donors (Lipinski definition) is 0. The van der Waals surface area contributed by atoms with E-state index >= 15 is 0 Å². The Morgan fingerprint density at radius 1 is 0.830 bits per heavy atom. The topological polar surface area (TPSA) is 57.3 Å². The van der Waals surface area contributed by atoms with Gasteiger partial charge in [0.05, 0.1) is 11.6 Å². The molecule has 0 amide bonds. The van der Waals surface area contributed by atoms with Crippen molar-refractivity contribution in [2.75, 3.05) is 11.9 Å². The molecule has 2 aromatic heterocycles. The molecule has 0 spiro atoms. The van der Waals surface area contributed by atoms with Crippen LogP contribution in [0.3, 0.4) is 0 Å². The van der Waals surface area contributed by atoms with Gasteiger partial charge in [-0.15, -0.1) is 47.0 Å². The molecule has 0 unspecified atom stereocenters. The Morgan fingerprint density at radius 3 is 2.32 bits per heavy atom. The van der Waals surface area contributed by atoms with Crippen molar-refractivity contribution >= 4 is 27.5 Å². The average molecular weight is 796 g/mol. The maximum absolute atomic E-state index is 9.67. The predicted octanol–water partition coefficient (Wildman–Crippen LogP) is 9.53. The average Bonchev–Trinajstić information content (AvgIpc) is 3.52. The van der Waals surface area contributed by atoms with E-state index in [1.54, 1.807) is 0 Å². The van der Waals surface area contributed by atoms with Gasteiger partial charge in [0.15, 0.2) is 0 Å². The SMILES string of the molecule is CC1=C(C)N(c2[c-]c(Oc3[c-]c4c(cc3)c3cc(C#N)ccc3n4-c3cc(C(C)(C)C)ccn3)cc(-c3ccccc3)c2)[CH-]N1C.[Pt]. The molecule has 7 rings (SSSR count). The number of nitriles is 1. The van der Waals surface area contributed by atoms with Crippen molar-refractivity contribution in [3.8, 4) is 34.5 Å². The number of fused-ring (bicyclic) bond motifs is 3. The number of hydrogen-bond acceptors (Lipinski definition) is 5. The first-order valence-electron chi connectivity index (χ1n) is 15.3. The minimum atomic E-state index is -0.0482. The smallest absolute Gasteiger partial charge is 0.135 e. The van der Waals surface area contributed by atoms with E-state index in [-0.39, 0.29) is 26.5 Å². The Bertz CT molecular complexity index is 2200. The van der Waals surface area contributed by atoms with Crippen molar-refractivity contribution < 1.29 is 25.8 Å². The first-order valence-corrected chi connectivity index (χ1v) is 15.3. The predicted molar refractivity (Wildman–Crippen MR) is 185 cm³/mol. The van der Waals surface area contributed by atoms with Crippen LogP contribution in [0.25, 0.3) is 38.8 Å². The zero-order valence-electron chi connectivity index (χ0n) is 27.2. The Balaban J connectivity index is 0.00000386. The van der Waals surface area contributed by atoms with Crippen LogP contribution in [0.5, 0.6) is 11.5 Å². The number of allylic oxidation sites excluding steroid dienone is 2. The van der Waals surface area contributed by atoms with Crippen LogP contribution in [-0.4, -0.2) is 21.5 Å². The van der Waals surface area contributed by atoms with Crippen molar-refractivity contribution in [1.29, 1.82) is 5.26 Å². The van der Waals surface area contributed by atoms with Gasteiger partial charge in [0, 0.05) is 50.0 Å². The van der Waals surface area contributed by atoms with Crippen molar-refractivity contribution in [3.63, 3.8) is 0 Å². The van der Waals surface area contributed by atoms with Gasteiger partial charge in [-0.1, -0.05) is 56.6 Å². The summed E-state index contributed by atoms with van der Waals surface area (Å²) in [4.78, 5) is 9.04. The Morgan fingerprint density at radius 2 is 1.62 bits per heavy atom. The third-order valence-corrected chi connectivity index (χ3v) is 8.74. The molecule has 0 aliphatic carbocycles. The summed E-state index contributed by atoms with van der Waals surface area (Å²) in [6.07, 6.45) is 1.86. The monoisotopic (exact) mass is 795 g/mol. The zero-order valence-corrected chi connectivity index (χ0v) is 29.5. The van der Waals surface area contributed by atoms with Gasteiger partial charge >= 0.3 is 0 Å². The van der Waals surface area contributed by atoms with E-state index in [0.717, 1.165) is 50.1 Å². The second kappa shape index (κ2) is 12.4. The van der Waals surface area contributed by atoms with Crippen molar-refractivity contribution in [1.82, 2.24) is 14.5 Å². The minimum absolute atomic E-state index is 0. The van der Waals surface area contributed by atoms with Crippen LogP contribution >= 0.6 is 0 Å². The molecule has 0 saturated heterocycles. The van der Waals surface area contributed by atoms with Gasteiger partial charge in [-0.25, -0.2) is 4.98 Å². The third kappa shape index (κ3) is 5.93. The fourth-order valence-corrected chi connectivity index (χ4v) is 5.95. The summed E-state index contributed by atoms with van der Waals surface area (Å²) in [6, 6.07) is 37.7. The van der Waals surface area contributed by atoms with Crippen molar-refractivity contribution in [2.24, 2.45) is 0 Å². The van der Waals surface area contributed by atoms with Gasteiger partial charge in [0.25, 0.3) is 0 Å². The number of aromatic nitrogens is 2. The van der Waals surface area contributed by atoms with E-state index in [1.165, 1.54) is 11.3 Å². The number of benzene rings is 4. The number of rotatable bonds is 5. The number of nitrogens with zero attached hydrogens (tertiary/aromatic N) is 5. The quantitative estimate of drug-likeness (QED) is 0.163. The molecule has 3 heterocycles. The summed E-state index contributed by atoms with van der Waals surface area (Å²) in [6.45, 7) is 12.9. The minimum Gasteiger partial charge on any atom is -0.509 e. The summed E-state index contributed by atoms with van der Waals surface area (Å²) in [5, 5.41) is 11.6. The third-order valence-electron chi connectivity index (χ3n) is 8.74. The molecule has 6 nitrogen and oxygen atoms in total. The summed E-state index contributed by atoms with van der Waals surface area (Å²) >= 11 is 0. The normalized spacial score (nSPS) is 13.3. The van der Waals surface area contributed by atoms with Gasteiger partial charge in [0.1, 0.15) is 5.82 Å². The van der Waals surface area contributed by atoms with Gasteiger partial charge in [-0.05, 0) is 78.9 Å². The second-order valence-electron chi connectivity index (χ2n) is 12.8.